The summed E-state index contributed by atoms with van der Waals surface area (Å²) in [6.45, 7) is 16.1. The number of aryl methyl sites for hydroxylation is 1. The van der Waals surface area contributed by atoms with Crippen LogP contribution >= 0.6 is 7.82 Å². The molecule has 0 amide bonds. The number of hydrogen-bond donors (Lipinski definition) is 0. The van der Waals surface area contributed by atoms with Crippen LogP contribution in [-0.2, 0) is 35.4 Å². The molecule has 156 valence electrons. The molecule has 0 saturated carbocycles. The van der Waals surface area contributed by atoms with Gasteiger partial charge in [-0.05, 0) is 60.1 Å². The highest BCUT2D eigenvalue weighted by Gasteiger charge is 2.26. The van der Waals surface area contributed by atoms with Gasteiger partial charge < -0.3 is 0 Å². The minimum Gasteiger partial charge on any atom is -0.290 e. The largest absolute Gasteiger partial charge is 0.474 e. The molecule has 0 bridgehead atoms. The van der Waals surface area contributed by atoms with E-state index < -0.39 is 7.82 Å². The fourth-order valence-electron chi connectivity index (χ4n) is 2.98. The Labute approximate surface area is 166 Å². The molecule has 0 aliphatic rings. The first-order valence-electron chi connectivity index (χ1n) is 10.1. The van der Waals surface area contributed by atoms with Crippen molar-refractivity contribution in [2.24, 2.45) is 0 Å². The van der Waals surface area contributed by atoms with Gasteiger partial charge in [0.2, 0.25) is 0 Å². The van der Waals surface area contributed by atoms with Gasteiger partial charge in [-0.1, -0.05) is 59.7 Å². The van der Waals surface area contributed by atoms with Crippen molar-refractivity contribution in [2.45, 2.75) is 85.0 Å². The van der Waals surface area contributed by atoms with Crippen molar-refractivity contribution in [3.05, 3.63) is 34.9 Å². The molecule has 4 nitrogen and oxygen atoms in total. The lowest BCUT2D eigenvalue weighted by molar-refractivity contribution is 0.135. The van der Waals surface area contributed by atoms with Crippen molar-refractivity contribution < 1.29 is 18.1 Å². The normalized spacial score (nSPS) is 15.0. The van der Waals surface area contributed by atoms with Crippen molar-refractivity contribution in [3.8, 4) is 0 Å². The third-order valence-corrected chi connectivity index (χ3v) is 7.26. The first kappa shape index (κ1) is 24.4. The molecule has 0 saturated heterocycles. The standard InChI is InChI=1S/C22H39O4P/c1-9-21(4,5)19-15-14-18(20(17-19)22(6,7)10-2)13-12-16-26-27(23,24-8)25-11-3/h14-15,17H,9-13,16H2,1-8H3. The maximum absolute atomic E-state index is 12.2. The zero-order valence-electron chi connectivity index (χ0n) is 18.6. The fraction of sp³-hybridized carbons (Fsp3) is 0.727. The van der Waals surface area contributed by atoms with Crippen LogP contribution in [0.3, 0.4) is 0 Å². The number of hydrogen-bond acceptors (Lipinski definition) is 4. The van der Waals surface area contributed by atoms with Crippen LogP contribution < -0.4 is 0 Å². The smallest absolute Gasteiger partial charge is 0.290 e. The summed E-state index contributed by atoms with van der Waals surface area (Å²) in [5, 5.41) is 0. The quantitative estimate of drug-likeness (QED) is 0.287. The molecule has 0 fully saturated rings. The first-order chi connectivity index (χ1) is 12.5. The molecule has 1 aromatic carbocycles. The Balaban J connectivity index is 2.95. The predicted octanol–water partition coefficient (Wildman–Crippen LogP) is 6.80. The van der Waals surface area contributed by atoms with E-state index in [2.05, 4.69) is 59.7 Å². The lowest BCUT2D eigenvalue weighted by atomic mass is 9.74. The van der Waals surface area contributed by atoms with E-state index in [4.69, 9.17) is 13.6 Å². The van der Waals surface area contributed by atoms with Crippen LogP contribution in [0.15, 0.2) is 18.2 Å². The minimum absolute atomic E-state index is 0.114. The van der Waals surface area contributed by atoms with Gasteiger partial charge in [0.25, 0.3) is 0 Å². The van der Waals surface area contributed by atoms with Gasteiger partial charge in [-0.15, -0.1) is 0 Å². The third-order valence-electron chi connectivity index (χ3n) is 5.74. The Morgan fingerprint density at radius 3 is 2.11 bits per heavy atom. The molecule has 1 atom stereocenters. The highest BCUT2D eigenvalue weighted by molar-refractivity contribution is 7.48. The molecule has 1 unspecified atom stereocenters. The molecule has 0 N–H and O–H groups in total. The topological polar surface area (TPSA) is 44.8 Å². The van der Waals surface area contributed by atoms with E-state index in [1.807, 2.05) is 0 Å². The fourth-order valence-corrected chi connectivity index (χ4v) is 3.93. The molecule has 0 spiro atoms. The summed E-state index contributed by atoms with van der Waals surface area (Å²) < 4.78 is 27.6. The summed E-state index contributed by atoms with van der Waals surface area (Å²) >= 11 is 0. The van der Waals surface area contributed by atoms with Crippen LogP contribution in [0.5, 0.6) is 0 Å². The summed E-state index contributed by atoms with van der Waals surface area (Å²) in [4.78, 5) is 0. The van der Waals surface area contributed by atoms with Crippen molar-refractivity contribution in [3.63, 3.8) is 0 Å². The van der Waals surface area contributed by atoms with E-state index in [0.29, 0.717) is 13.2 Å². The maximum Gasteiger partial charge on any atom is 0.474 e. The molecule has 0 aliphatic heterocycles. The van der Waals surface area contributed by atoms with E-state index in [9.17, 15) is 4.57 Å². The van der Waals surface area contributed by atoms with Gasteiger partial charge in [-0.25, -0.2) is 4.57 Å². The van der Waals surface area contributed by atoms with E-state index in [1.165, 1.54) is 23.8 Å². The van der Waals surface area contributed by atoms with Crippen LogP contribution in [0, 0.1) is 0 Å². The van der Waals surface area contributed by atoms with E-state index >= 15 is 0 Å². The van der Waals surface area contributed by atoms with Crippen LogP contribution in [0.2, 0.25) is 0 Å². The van der Waals surface area contributed by atoms with E-state index in [1.54, 1.807) is 6.92 Å². The second-order valence-corrected chi connectivity index (χ2v) is 10.1. The third kappa shape index (κ3) is 6.71. The molecular weight excluding hydrogens is 359 g/mol. The zero-order chi connectivity index (χ0) is 20.7. The number of phosphoric acid groups is 1. The zero-order valence-corrected chi connectivity index (χ0v) is 19.4. The van der Waals surface area contributed by atoms with Crippen molar-refractivity contribution >= 4 is 7.82 Å². The van der Waals surface area contributed by atoms with Crippen LogP contribution in [-0.4, -0.2) is 20.3 Å². The summed E-state index contributed by atoms with van der Waals surface area (Å²) in [5.74, 6) is 0. The second-order valence-electron chi connectivity index (χ2n) is 8.33. The molecule has 0 aromatic heterocycles. The molecule has 27 heavy (non-hydrogen) atoms. The molecule has 0 radical (unpaired) electrons. The molecule has 1 rings (SSSR count). The lowest BCUT2D eigenvalue weighted by Gasteiger charge is -2.31. The van der Waals surface area contributed by atoms with E-state index in [-0.39, 0.29) is 10.8 Å². The van der Waals surface area contributed by atoms with Crippen molar-refractivity contribution in [2.75, 3.05) is 20.3 Å². The summed E-state index contributed by atoms with van der Waals surface area (Å²) in [6.07, 6.45) is 3.83. The number of rotatable bonds is 12. The number of benzene rings is 1. The van der Waals surface area contributed by atoms with Gasteiger partial charge >= 0.3 is 7.82 Å². The average molecular weight is 399 g/mol. The van der Waals surface area contributed by atoms with Crippen LogP contribution in [0.1, 0.15) is 84.4 Å². The Hall–Kier alpha value is -0.670. The van der Waals surface area contributed by atoms with Crippen LogP contribution in [0.4, 0.5) is 0 Å². The molecule has 5 heteroatoms. The SMILES string of the molecule is CCOP(=O)(OC)OCCCc1ccc(C(C)(C)CC)cc1C(C)(C)CC. The highest BCUT2D eigenvalue weighted by Crippen LogP contribution is 2.48. The Morgan fingerprint density at radius 2 is 1.59 bits per heavy atom. The first-order valence-corrected chi connectivity index (χ1v) is 11.6. The average Bonchev–Trinajstić information content (AvgIpc) is 2.65. The summed E-state index contributed by atoms with van der Waals surface area (Å²) in [6, 6.07) is 6.91. The predicted molar refractivity (Wildman–Crippen MR) is 114 cm³/mol. The van der Waals surface area contributed by atoms with Crippen LogP contribution in [0.25, 0.3) is 0 Å². The Bertz CT molecular complexity index is 637. The Morgan fingerprint density at radius 1 is 0.963 bits per heavy atom. The van der Waals surface area contributed by atoms with Crippen molar-refractivity contribution in [1.82, 2.24) is 0 Å². The van der Waals surface area contributed by atoms with E-state index in [0.717, 1.165) is 25.7 Å². The molecule has 1 aromatic rings. The summed E-state index contributed by atoms with van der Waals surface area (Å²) in [7, 11) is -2.05. The Kier molecular flexibility index (Phi) is 9.21. The van der Waals surface area contributed by atoms with Gasteiger partial charge in [0, 0.05) is 7.11 Å². The highest BCUT2D eigenvalue weighted by atomic mass is 31.2. The molecule has 0 heterocycles. The molecule has 0 aliphatic carbocycles. The van der Waals surface area contributed by atoms with Gasteiger partial charge in [0.15, 0.2) is 0 Å². The monoisotopic (exact) mass is 398 g/mol. The lowest BCUT2D eigenvalue weighted by Crippen LogP contribution is -2.22. The number of phosphoric ester groups is 1. The summed E-state index contributed by atoms with van der Waals surface area (Å²) in [5.41, 5.74) is 4.42. The van der Waals surface area contributed by atoms with Gasteiger partial charge in [0.05, 0.1) is 13.2 Å². The second kappa shape index (κ2) is 10.2. The minimum atomic E-state index is -3.41. The maximum atomic E-state index is 12.2. The van der Waals surface area contributed by atoms with Crippen molar-refractivity contribution in [1.29, 1.82) is 0 Å². The molecular formula is C22H39O4P. The van der Waals surface area contributed by atoms with Gasteiger partial charge in [-0.2, -0.15) is 0 Å². The van der Waals surface area contributed by atoms with Gasteiger partial charge in [0.1, 0.15) is 0 Å². The van der Waals surface area contributed by atoms with Gasteiger partial charge in [-0.3, -0.25) is 13.6 Å².